The van der Waals surface area contributed by atoms with Gasteiger partial charge in [0.05, 0.1) is 17.2 Å². The van der Waals surface area contributed by atoms with Crippen molar-refractivity contribution < 1.29 is 9.53 Å². The molecule has 2 aromatic rings. The number of ether oxygens (including phenoxy) is 1. The topological polar surface area (TPSA) is 51.2 Å². The highest BCUT2D eigenvalue weighted by atomic mass is 32.1. The van der Waals surface area contributed by atoms with E-state index >= 15 is 0 Å². The van der Waals surface area contributed by atoms with Crippen molar-refractivity contribution in [2.45, 2.75) is 37.5 Å². The molecular weight excluding hydrogens is 356 g/mol. The van der Waals surface area contributed by atoms with E-state index in [1.165, 1.54) is 6.42 Å². The number of nitrogens with zero attached hydrogens (tertiary/aromatic N) is 1. The third-order valence-electron chi connectivity index (χ3n) is 5.59. The van der Waals surface area contributed by atoms with Crippen LogP contribution in [0.2, 0.25) is 0 Å². The smallest absolute Gasteiger partial charge is 0.338 e. The number of likely N-dealkylation sites (N-methyl/N-ethyl adjacent to an activating group) is 1. The second-order valence-electron chi connectivity index (χ2n) is 7.03. The Kier molecular flexibility index (Phi) is 6.56. The van der Waals surface area contributed by atoms with Crippen LogP contribution in [0, 0.1) is 5.92 Å². The molecule has 1 N–H and O–H groups in total. The lowest BCUT2D eigenvalue weighted by Gasteiger charge is -2.45. The van der Waals surface area contributed by atoms with Crippen LogP contribution in [-0.2, 0) is 10.2 Å². The van der Waals surface area contributed by atoms with E-state index in [0.29, 0.717) is 18.1 Å². The van der Waals surface area contributed by atoms with Gasteiger partial charge >= 0.3 is 5.97 Å². The number of carbonyl (C=O) groups is 1. The number of rotatable bonds is 6. The van der Waals surface area contributed by atoms with Gasteiger partial charge in [0, 0.05) is 24.9 Å². The molecule has 3 rings (SSSR count). The number of nitrogens with one attached hydrogen (secondary N) is 1. The molecule has 0 spiro atoms. The van der Waals surface area contributed by atoms with Crippen LogP contribution in [0.1, 0.15) is 48.0 Å². The average molecular weight is 383 g/mol. The predicted molar refractivity (Wildman–Crippen MR) is 111 cm³/mol. The zero-order valence-corrected chi connectivity index (χ0v) is 16.5. The molecule has 27 heavy (non-hydrogen) atoms. The summed E-state index contributed by atoms with van der Waals surface area (Å²) in [7, 11) is 1.89. The van der Waals surface area contributed by atoms with Crippen molar-refractivity contribution in [1.82, 2.24) is 10.3 Å². The molecule has 2 atom stereocenters. The van der Waals surface area contributed by atoms with E-state index in [2.05, 4.69) is 16.4 Å². The quantitative estimate of drug-likeness (QED) is 0.596. The molecule has 0 saturated heterocycles. The molecule has 0 unspecified atom stereocenters. The van der Waals surface area contributed by atoms with Crippen LogP contribution < -0.4 is 5.32 Å². The highest BCUT2D eigenvalue weighted by Gasteiger charge is 2.45. The Balaban J connectivity index is 1.75. The molecule has 0 bridgehead atoms. The van der Waals surface area contributed by atoms with Crippen molar-refractivity contribution in [3.63, 3.8) is 0 Å². The molecule has 0 amide bonds. The largest absolute Gasteiger partial charge is 0.462 e. The maximum Gasteiger partial charge on any atom is 0.338 e. The van der Waals surface area contributed by atoms with Gasteiger partial charge in [-0.3, -0.25) is 4.98 Å². The molecule has 1 aliphatic carbocycles. The molecule has 0 radical (unpaired) electrons. The van der Waals surface area contributed by atoms with E-state index < -0.39 is 0 Å². The normalized spacial score (nSPS) is 22.0. The van der Waals surface area contributed by atoms with Crippen molar-refractivity contribution in [2.24, 2.45) is 5.92 Å². The number of esters is 1. The minimum atomic E-state index is -0.269. The highest BCUT2D eigenvalue weighted by Crippen LogP contribution is 2.46. The van der Waals surface area contributed by atoms with Crippen LogP contribution in [0.4, 0.5) is 0 Å². The van der Waals surface area contributed by atoms with Crippen molar-refractivity contribution >= 4 is 23.2 Å². The van der Waals surface area contributed by atoms with Gasteiger partial charge in [0.15, 0.2) is 0 Å². The molecule has 1 aliphatic rings. The fourth-order valence-corrected chi connectivity index (χ4v) is 4.63. The van der Waals surface area contributed by atoms with E-state index in [4.69, 9.17) is 17.0 Å². The molecular formula is C22H26N2O2S. The molecule has 1 aromatic carbocycles. The molecule has 1 aromatic heterocycles. The fourth-order valence-electron chi connectivity index (χ4n) is 4.25. The maximum absolute atomic E-state index is 12.2. The Morgan fingerprint density at radius 2 is 2.07 bits per heavy atom. The molecule has 0 aliphatic heterocycles. The van der Waals surface area contributed by atoms with Gasteiger partial charge in [-0.05, 0) is 48.9 Å². The van der Waals surface area contributed by atoms with Crippen LogP contribution in [0.25, 0.3) is 0 Å². The summed E-state index contributed by atoms with van der Waals surface area (Å²) in [4.78, 5) is 17.4. The number of thiocarbonyl (C=S) groups is 1. The Bertz CT molecular complexity index is 766. The highest BCUT2D eigenvalue weighted by molar-refractivity contribution is 7.80. The molecule has 5 heteroatoms. The maximum atomic E-state index is 12.2. The first kappa shape index (κ1) is 19.5. The van der Waals surface area contributed by atoms with Crippen molar-refractivity contribution in [1.29, 1.82) is 0 Å². The third-order valence-corrected chi connectivity index (χ3v) is 6.16. The van der Waals surface area contributed by atoms with Gasteiger partial charge in [0.25, 0.3) is 0 Å². The number of carbonyl (C=O) groups excluding carboxylic acids is 1. The second-order valence-corrected chi connectivity index (χ2v) is 7.43. The van der Waals surface area contributed by atoms with Gasteiger partial charge in [-0.25, -0.2) is 4.79 Å². The van der Waals surface area contributed by atoms with Crippen molar-refractivity contribution in [3.8, 4) is 0 Å². The summed E-state index contributed by atoms with van der Waals surface area (Å²) >= 11 is 5.78. The molecule has 1 saturated carbocycles. The molecule has 1 heterocycles. The fraction of sp³-hybridized carbons (Fsp3) is 0.409. The number of hydrogen-bond donors (Lipinski definition) is 1. The summed E-state index contributed by atoms with van der Waals surface area (Å²) in [5.41, 5.74) is 1.50. The van der Waals surface area contributed by atoms with Crippen LogP contribution in [0.5, 0.6) is 0 Å². The zero-order chi connectivity index (χ0) is 19.1. The lowest BCUT2D eigenvalue weighted by Crippen LogP contribution is -2.49. The summed E-state index contributed by atoms with van der Waals surface area (Å²) in [5, 5.41) is 3.22. The number of hydrogen-bond acceptors (Lipinski definition) is 4. The minimum Gasteiger partial charge on any atom is -0.462 e. The lowest BCUT2D eigenvalue weighted by atomic mass is 9.61. The summed E-state index contributed by atoms with van der Waals surface area (Å²) < 4.78 is 5.56. The zero-order valence-electron chi connectivity index (χ0n) is 15.7. The van der Waals surface area contributed by atoms with Gasteiger partial charge in [-0.2, -0.15) is 0 Å². The standard InChI is InChI=1S/C22H26N2O2S/c1-23-21(27)22(19-11-7-14-24-16-19)13-6-5-10-18(22)12-15-26-20(25)17-8-3-2-4-9-17/h2-4,7-9,11,14,16,18H,5-6,10,12-13,15H2,1H3,(H,23,27)/t18-,22+/m1/s1. The van der Waals surface area contributed by atoms with E-state index in [1.54, 1.807) is 18.3 Å². The third kappa shape index (κ3) is 4.19. The van der Waals surface area contributed by atoms with Gasteiger partial charge < -0.3 is 10.1 Å². The van der Waals surface area contributed by atoms with Gasteiger partial charge in [-0.1, -0.05) is 49.3 Å². The average Bonchev–Trinajstić information content (AvgIpc) is 2.74. The summed E-state index contributed by atoms with van der Waals surface area (Å²) in [5.74, 6) is 0.0496. The predicted octanol–water partition coefficient (Wildman–Crippen LogP) is 4.30. The number of pyridine rings is 1. The summed E-state index contributed by atoms with van der Waals surface area (Å²) in [6.45, 7) is 0.396. The molecule has 1 fully saturated rings. The first-order valence-corrected chi connectivity index (χ1v) is 9.94. The summed E-state index contributed by atoms with van der Waals surface area (Å²) in [6, 6.07) is 13.2. The molecule has 142 valence electrons. The molecule has 4 nitrogen and oxygen atoms in total. The Hall–Kier alpha value is -2.27. The number of benzene rings is 1. The SMILES string of the molecule is CNC(=S)[C@@]1(c2cccnc2)CCCC[C@@H]1CCOC(=O)c1ccccc1. The Labute approximate surface area is 166 Å². The second kappa shape index (κ2) is 9.09. The first-order chi connectivity index (χ1) is 13.2. The Morgan fingerprint density at radius 1 is 1.26 bits per heavy atom. The van der Waals surface area contributed by atoms with E-state index in [0.717, 1.165) is 36.2 Å². The number of aromatic nitrogens is 1. The van der Waals surface area contributed by atoms with Crippen molar-refractivity contribution in [3.05, 3.63) is 66.0 Å². The van der Waals surface area contributed by atoms with Crippen LogP contribution >= 0.6 is 12.2 Å². The van der Waals surface area contributed by atoms with Gasteiger partial charge in [-0.15, -0.1) is 0 Å². The van der Waals surface area contributed by atoms with E-state index in [1.807, 2.05) is 37.5 Å². The Morgan fingerprint density at radius 3 is 2.78 bits per heavy atom. The van der Waals surface area contributed by atoms with E-state index in [-0.39, 0.29) is 11.4 Å². The summed E-state index contributed by atoms with van der Waals surface area (Å²) in [6.07, 6.45) is 8.88. The van der Waals surface area contributed by atoms with Crippen LogP contribution in [-0.4, -0.2) is 29.6 Å². The van der Waals surface area contributed by atoms with Crippen LogP contribution in [0.15, 0.2) is 54.9 Å². The van der Waals surface area contributed by atoms with Gasteiger partial charge in [0.1, 0.15) is 0 Å². The van der Waals surface area contributed by atoms with Crippen LogP contribution in [0.3, 0.4) is 0 Å². The van der Waals surface area contributed by atoms with E-state index in [9.17, 15) is 4.79 Å². The monoisotopic (exact) mass is 382 g/mol. The lowest BCUT2D eigenvalue weighted by molar-refractivity contribution is 0.0458. The van der Waals surface area contributed by atoms with Gasteiger partial charge in [0.2, 0.25) is 0 Å². The first-order valence-electron chi connectivity index (χ1n) is 9.53. The minimum absolute atomic E-state index is 0.240. The van der Waals surface area contributed by atoms with Crippen molar-refractivity contribution in [2.75, 3.05) is 13.7 Å².